The van der Waals surface area contributed by atoms with Crippen LogP contribution in [0.2, 0.25) is 0 Å². The quantitative estimate of drug-likeness (QED) is 0.461. The lowest BCUT2D eigenvalue weighted by Crippen LogP contribution is -2.31. The van der Waals surface area contributed by atoms with Gasteiger partial charge in [0.25, 0.3) is 0 Å². The highest BCUT2D eigenvalue weighted by Crippen LogP contribution is 2.26. The van der Waals surface area contributed by atoms with Crippen LogP contribution in [0.25, 0.3) is 0 Å². The van der Waals surface area contributed by atoms with E-state index in [1.807, 2.05) is 0 Å². The third-order valence-electron chi connectivity index (χ3n) is 0.436. The Balaban J connectivity index is 3.89. The molecule has 0 aromatic heterocycles. The second-order valence-corrected chi connectivity index (χ2v) is 1.46. The number of hydrogen-bond acceptors (Lipinski definition) is 2. The van der Waals surface area contributed by atoms with Crippen LogP contribution in [0, 0.1) is 0 Å². The number of rotatable bonds is 2. The average molecular weight is 166 g/mol. The van der Waals surface area contributed by atoms with Gasteiger partial charge in [-0.3, -0.25) is 0 Å². The first-order valence-electron chi connectivity index (χ1n) is 2.02. The van der Waals surface area contributed by atoms with Crippen LogP contribution in [0.3, 0.4) is 0 Å². The summed E-state index contributed by atoms with van der Waals surface area (Å²) >= 11 is 0. The zero-order chi connectivity index (χ0) is 8.41. The molecule has 62 valence electrons. The van der Waals surface area contributed by atoms with Crippen LogP contribution in [-0.4, -0.2) is 12.4 Å². The molecule has 0 aromatic rings. The molecule has 0 aliphatic heterocycles. The van der Waals surface area contributed by atoms with Crippen molar-refractivity contribution >= 4 is 0 Å². The SMILES string of the molecule is CC(F)(OF)OC(F)(F)F. The molecule has 0 bridgehead atoms. The largest absolute Gasteiger partial charge is 0.527 e. The summed E-state index contributed by atoms with van der Waals surface area (Å²) in [5.74, 6) is 0. The van der Waals surface area contributed by atoms with E-state index in [1.54, 1.807) is 0 Å². The van der Waals surface area contributed by atoms with Gasteiger partial charge in [-0.2, -0.15) is 4.39 Å². The van der Waals surface area contributed by atoms with E-state index in [-0.39, 0.29) is 6.92 Å². The molecule has 0 saturated carbocycles. The van der Waals surface area contributed by atoms with Gasteiger partial charge in [0.15, 0.2) is 0 Å². The second-order valence-electron chi connectivity index (χ2n) is 1.46. The second kappa shape index (κ2) is 2.67. The fraction of sp³-hybridized carbons (Fsp3) is 1.00. The topological polar surface area (TPSA) is 18.5 Å². The van der Waals surface area contributed by atoms with E-state index in [9.17, 15) is 22.1 Å². The summed E-state index contributed by atoms with van der Waals surface area (Å²) in [6.07, 6.45) is -5.25. The lowest BCUT2D eigenvalue weighted by molar-refractivity contribution is -0.487. The highest BCUT2D eigenvalue weighted by molar-refractivity contribution is 4.40. The lowest BCUT2D eigenvalue weighted by Gasteiger charge is -2.16. The van der Waals surface area contributed by atoms with Crippen molar-refractivity contribution in [3.05, 3.63) is 0 Å². The summed E-state index contributed by atoms with van der Waals surface area (Å²) in [6.45, 7) is 0.139. The maximum Gasteiger partial charge on any atom is 0.527 e. The third-order valence-corrected chi connectivity index (χ3v) is 0.436. The van der Waals surface area contributed by atoms with Crippen molar-refractivity contribution in [2.45, 2.75) is 19.3 Å². The Kier molecular flexibility index (Phi) is 2.55. The molecule has 10 heavy (non-hydrogen) atoms. The van der Waals surface area contributed by atoms with Crippen LogP contribution in [0.15, 0.2) is 0 Å². The molecule has 2 nitrogen and oxygen atoms in total. The normalized spacial score (nSPS) is 18.6. The van der Waals surface area contributed by atoms with E-state index in [0.29, 0.717) is 0 Å². The number of hydrogen-bond donors (Lipinski definition) is 0. The molecule has 0 aliphatic carbocycles. The van der Waals surface area contributed by atoms with Crippen molar-refractivity contribution in [2.75, 3.05) is 0 Å². The van der Waals surface area contributed by atoms with Crippen LogP contribution in [0.5, 0.6) is 0 Å². The molecular weight excluding hydrogens is 163 g/mol. The fourth-order valence-corrected chi connectivity index (χ4v) is 0.222. The third kappa shape index (κ3) is 4.45. The van der Waals surface area contributed by atoms with Crippen molar-refractivity contribution in [1.29, 1.82) is 0 Å². The van der Waals surface area contributed by atoms with Crippen LogP contribution < -0.4 is 0 Å². The zero-order valence-electron chi connectivity index (χ0n) is 4.71. The molecule has 0 aliphatic rings. The Labute approximate surface area is 52.4 Å². The van der Waals surface area contributed by atoms with Crippen molar-refractivity contribution in [3.8, 4) is 0 Å². The standard InChI is InChI=1S/C3H3F5O2/c1-2(4,10-8)9-3(5,6)7/h1H3. The van der Waals surface area contributed by atoms with Gasteiger partial charge < -0.3 is 0 Å². The average Bonchev–Trinajstić information content (AvgIpc) is 1.60. The first kappa shape index (κ1) is 9.57. The van der Waals surface area contributed by atoms with Crippen LogP contribution >= 0.6 is 0 Å². The molecule has 0 aromatic carbocycles. The summed E-state index contributed by atoms with van der Waals surface area (Å²) < 4.78 is 58.2. The van der Waals surface area contributed by atoms with Gasteiger partial charge >= 0.3 is 12.4 Å². The van der Waals surface area contributed by atoms with Crippen molar-refractivity contribution in [2.24, 2.45) is 0 Å². The molecule has 7 heteroatoms. The van der Waals surface area contributed by atoms with E-state index >= 15 is 0 Å². The molecule has 0 saturated heterocycles. The van der Waals surface area contributed by atoms with E-state index in [4.69, 9.17) is 0 Å². The molecule has 0 fully saturated rings. The molecule has 0 spiro atoms. The number of ether oxygens (including phenoxy) is 1. The van der Waals surface area contributed by atoms with E-state index in [0.717, 1.165) is 0 Å². The van der Waals surface area contributed by atoms with Crippen molar-refractivity contribution in [1.82, 2.24) is 0 Å². The van der Waals surface area contributed by atoms with Crippen LogP contribution in [0.4, 0.5) is 22.1 Å². The van der Waals surface area contributed by atoms with Crippen LogP contribution in [-0.2, 0) is 9.68 Å². The molecule has 0 heterocycles. The lowest BCUT2D eigenvalue weighted by atomic mass is 10.7. The van der Waals surface area contributed by atoms with Gasteiger partial charge in [-0.15, -0.1) is 18.1 Å². The maximum absolute atomic E-state index is 11.8. The van der Waals surface area contributed by atoms with E-state index in [2.05, 4.69) is 9.68 Å². The minimum Gasteiger partial charge on any atom is -0.227 e. The fourth-order valence-electron chi connectivity index (χ4n) is 0.222. The van der Waals surface area contributed by atoms with Gasteiger partial charge in [0.1, 0.15) is 0 Å². The van der Waals surface area contributed by atoms with Crippen molar-refractivity contribution < 1.29 is 31.8 Å². The molecule has 1 unspecified atom stereocenters. The van der Waals surface area contributed by atoms with Gasteiger partial charge in [0, 0.05) is 6.92 Å². The van der Waals surface area contributed by atoms with Gasteiger partial charge in [0.05, 0.1) is 0 Å². The van der Waals surface area contributed by atoms with E-state index < -0.39 is 12.4 Å². The molecule has 1 atom stereocenters. The highest BCUT2D eigenvalue weighted by Gasteiger charge is 2.42. The smallest absolute Gasteiger partial charge is 0.227 e. The van der Waals surface area contributed by atoms with E-state index in [1.165, 1.54) is 0 Å². The summed E-state index contributed by atoms with van der Waals surface area (Å²) in [7, 11) is 0. The molecule has 0 N–H and O–H groups in total. The predicted molar refractivity (Wildman–Crippen MR) is 18.8 cm³/mol. The van der Waals surface area contributed by atoms with Gasteiger partial charge in [-0.25, -0.2) is 4.74 Å². The molecule has 0 rings (SSSR count). The number of halogens is 5. The summed E-state index contributed by atoms with van der Waals surface area (Å²) in [4.78, 5) is 2.20. The summed E-state index contributed by atoms with van der Waals surface area (Å²) in [5.41, 5.74) is 0. The van der Waals surface area contributed by atoms with Gasteiger partial charge in [0.2, 0.25) is 0 Å². The predicted octanol–water partition coefficient (Wildman–Crippen LogP) is 2.07. The molecule has 0 radical (unpaired) electrons. The Morgan fingerprint density at radius 1 is 1.10 bits per heavy atom. The summed E-state index contributed by atoms with van der Waals surface area (Å²) in [5, 5.41) is 0. The van der Waals surface area contributed by atoms with Gasteiger partial charge in [-0.05, 0) is 4.53 Å². The minimum atomic E-state index is -5.25. The monoisotopic (exact) mass is 166 g/mol. The van der Waals surface area contributed by atoms with Crippen LogP contribution in [0.1, 0.15) is 6.92 Å². The zero-order valence-corrected chi connectivity index (χ0v) is 4.71. The first-order chi connectivity index (χ1) is 4.27. The molecular formula is C3H3F5O2. The Morgan fingerprint density at radius 2 is 1.50 bits per heavy atom. The maximum atomic E-state index is 11.8. The first-order valence-corrected chi connectivity index (χ1v) is 2.02. The minimum absolute atomic E-state index is 0.139. The Hall–Kier alpha value is -0.430. The molecule has 0 amide bonds. The summed E-state index contributed by atoms with van der Waals surface area (Å²) in [6, 6.07) is -3.77. The Morgan fingerprint density at radius 3 is 1.60 bits per heavy atom. The number of alkyl halides is 4. The van der Waals surface area contributed by atoms with Crippen molar-refractivity contribution in [3.63, 3.8) is 0 Å². The Bertz CT molecular complexity index is 108. The van der Waals surface area contributed by atoms with Gasteiger partial charge in [-0.1, -0.05) is 0 Å². The highest BCUT2D eigenvalue weighted by atomic mass is 19.4.